The topological polar surface area (TPSA) is 53.4 Å². The van der Waals surface area contributed by atoms with Crippen molar-refractivity contribution in [2.75, 3.05) is 13.1 Å². The van der Waals surface area contributed by atoms with E-state index in [-0.39, 0.29) is 12.0 Å². The van der Waals surface area contributed by atoms with Crippen molar-refractivity contribution in [1.29, 1.82) is 0 Å². The van der Waals surface area contributed by atoms with Crippen LogP contribution in [0.1, 0.15) is 23.2 Å². The number of amides is 1. The molecule has 3 rings (SSSR count). The number of carbonyl (C=O) groups is 1. The third kappa shape index (κ3) is 2.44. The van der Waals surface area contributed by atoms with Crippen LogP contribution < -0.4 is 0 Å². The smallest absolute Gasteiger partial charge is 0.253 e. The molecule has 2 heterocycles. The van der Waals surface area contributed by atoms with Gasteiger partial charge >= 0.3 is 0 Å². The number of hydrogen-bond acceptors (Lipinski definition) is 3. The van der Waals surface area contributed by atoms with E-state index in [2.05, 4.69) is 4.98 Å². The number of pyridine rings is 1. The average Bonchev–Trinajstić information content (AvgIpc) is 2.46. The standard InChI is InChI=1S/C15H16N2O2/c18-13-4-2-8-17(10-13)15(19)12-5-6-14-11(9-12)3-1-7-16-14/h1,3,5-7,9,13,18H,2,4,8,10H2. The average molecular weight is 256 g/mol. The summed E-state index contributed by atoms with van der Waals surface area (Å²) in [5, 5.41) is 10.6. The predicted molar refractivity (Wildman–Crippen MR) is 72.9 cm³/mol. The van der Waals surface area contributed by atoms with Crippen LogP contribution in [0, 0.1) is 0 Å². The van der Waals surface area contributed by atoms with Gasteiger partial charge in [0, 0.05) is 30.2 Å². The van der Waals surface area contributed by atoms with Crippen molar-refractivity contribution in [3.05, 3.63) is 42.1 Å². The van der Waals surface area contributed by atoms with E-state index >= 15 is 0 Å². The first kappa shape index (κ1) is 12.1. The maximum absolute atomic E-state index is 12.4. The highest BCUT2D eigenvalue weighted by atomic mass is 16.3. The summed E-state index contributed by atoms with van der Waals surface area (Å²) in [4.78, 5) is 18.4. The van der Waals surface area contributed by atoms with Crippen LogP contribution >= 0.6 is 0 Å². The molecule has 0 radical (unpaired) electrons. The SMILES string of the molecule is O=C(c1ccc2ncccc2c1)N1CCCC(O)C1. The van der Waals surface area contributed by atoms with Crippen LogP contribution in [-0.2, 0) is 0 Å². The third-order valence-corrected chi connectivity index (χ3v) is 3.53. The highest BCUT2D eigenvalue weighted by molar-refractivity contribution is 5.98. The van der Waals surface area contributed by atoms with Crippen molar-refractivity contribution in [1.82, 2.24) is 9.88 Å². The van der Waals surface area contributed by atoms with Crippen molar-refractivity contribution in [3.63, 3.8) is 0 Å². The zero-order valence-corrected chi connectivity index (χ0v) is 10.6. The summed E-state index contributed by atoms with van der Waals surface area (Å²) in [5.41, 5.74) is 1.55. The number of carbonyl (C=O) groups excluding carboxylic acids is 1. The molecule has 1 unspecified atom stereocenters. The molecule has 1 aliphatic rings. The van der Waals surface area contributed by atoms with E-state index in [4.69, 9.17) is 0 Å². The number of aliphatic hydroxyl groups is 1. The van der Waals surface area contributed by atoms with Gasteiger partial charge in [-0.3, -0.25) is 9.78 Å². The van der Waals surface area contributed by atoms with E-state index in [1.165, 1.54) is 0 Å². The van der Waals surface area contributed by atoms with Crippen molar-refractivity contribution >= 4 is 16.8 Å². The number of aliphatic hydroxyl groups excluding tert-OH is 1. The summed E-state index contributed by atoms with van der Waals surface area (Å²) in [6.07, 6.45) is 3.00. The molecule has 1 fully saturated rings. The van der Waals surface area contributed by atoms with Crippen molar-refractivity contribution in [3.8, 4) is 0 Å². The molecule has 2 aromatic rings. The summed E-state index contributed by atoms with van der Waals surface area (Å²) >= 11 is 0. The maximum Gasteiger partial charge on any atom is 0.253 e. The highest BCUT2D eigenvalue weighted by Gasteiger charge is 2.23. The molecule has 1 aromatic carbocycles. The molecule has 1 aromatic heterocycles. The summed E-state index contributed by atoms with van der Waals surface area (Å²) < 4.78 is 0. The van der Waals surface area contributed by atoms with Crippen LogP contribution in [0.2, 0.25) is 0 Å². The number of piperidine rings is 1. The number of benzene rings is 1. The third-order valence-electron chi connectivity index (χ3n) is 3.53. The largest absolute Gasteiger partial charge is 0.391 e. The van der Waals surface area contributed by atoms with Crippen LogP contribution in [0.25, 0.3) is 10.9 Å². The van der Waals surface area contributed by atoms with E-state index in [1.807, 2.05) is 24.3 Å². The van der Waals surface area contributed by atoms with Crippen molar-refractivity contribution in [2.24, 2.45) is 0 Å². The fourth-order valence-electron chi connectivity index (χ4n) is 2.53. The second-order valence-electron chi connectivity index (χ2n) is 4.96. The number of aromatic nitrogens is 1. The summed E-state index contributed by atoms with van der Waals surface area (Å²) in [7, 11) is 0. The number of β-amino-alcohol motifs (C(OH)–C–C–N with tert-alkyl or cyclic N) is 1. The van der Waals surface area contributed by atoms with Gasteiger partial charge in [0.2, 0.25) is 0 Å². The Morgan fingerprint density at radius 2 is 2.26 bits per heavy atom. The van der Waals surface area contributed by atoms with Gasteiger partial charge in [0.05, 0.1) is 11.6 Å². The van der Waals surface area contributed by atoms with Gasteiger partial charge in [-0.05, 0) is 37.1 Å². The summed E-state index contributed by atoms with van der Waals surface area (Å²) in [6.45, 7) is 1.16. The minimum absolute atomic E-state index is 0.00972. The van der Waals surface area contributed by atoms with E-state index in [9.17, 15) is 9.90 Å². The monoisotopic (exact) mass is 256 g/mol. The van der Waals surface area contributed by atoms with Gasteiger partial charge in [-0.1, -0.05) is 6.07 Å². The molecule has 98 valence electrons. The first-order chi connectivity index (χ1) is 9.24. The van der Waals surface area contributed by atoms with E-state index < -0.39 is 0 Å². The lowest BCUT2D eigenvalue weighted by atomic mass is 10.1. The Morgan fingerprint density at radius 3 is 3.11 bits per heavy atom. The van der Waals surface area contributed by atoms with Crippen LogP contribution in [0.5, 0.6) is 0 Å². The molecule has 19 heavy (non-hydrogen) atoms. The number of rotatable bonds is 1. The molecular formula is C15H16N2O2. The molecule has 0 bridgehead atoms. The number of likely N-dealkylation sites (tertiary alicyclic amines) is 1. The number of fused-ring (bicyclic) bond motifs is 1. The molecule has 1 N–H and O–H groups in total. The zero-order chi connectivity index (χ0) is 13.2. The van der Waals surface area contributed by atoms with Gasteiger partial charge in [-0.15, -0.1) is 0 Å². The van der Waals surface area contributed by atoms with Crippen LogP contribution in [0.4, 0.5) is 0 Å². The van der Waals surface area contributed by atoms with Crippen LogP contribution in [0.15, 0.2) is 36.5 Å². The second kappa shape index (κ2) is 4.97. The maximum atomic E-state index is 12.4. The van der Waals surface area contributed by atoms with E-state index in [0.29, 0.717) is 12.1 Å². The Morgan fingerprint density at radius 1 is 1.37 bits per heavy atom. The van der Waals surface area contributed by atoms with Gasteiger partial charge in [-0.25, -0.2) is 0 Å². The molecule has 4 nitrogen and oxygen atoms in total. The summed E-state index contributed by atoms with van der Waals surface area (Å²) in [6, 6.07) is 9.35. The molecule has 1 atom stereocenters. The van der Waals surface area contributed by atoms with E-state index in [1.54, 1.807) is 17.2 Å². The van der Waals surface area contributed by atoms with Crippen molar-refractivity contribution in [2.45, 2.75) is 18.9 Å². The first-order valence-electron chi connectivity index (χ1n) is 6.56. The van der Waals surface area contributed by atoms with Gasteiger partial charge in [-0.2, -0.15) is 0 Å². The molecule has 1 aliphatic heterocycles. The Labute approximate surface area is 111 Å². The summed E-state index contributed by atoms with van der Waals surface area (Å²) in [5.74, 6) is -0.00972. The predicted octanol–water partition coefficient (Wildman–Crippen LogP) is 1.83. The van der Waals surface area contributed by atoms with Gasteiger partial charge in [0.25, 0.3) is 5.91 Å². The molecule has 0 spiro atoms. The zero-order valence-electron chi connectivity index (χ0n) is 10.6. The highest BCUT2D eigenvalue weighted by Crippen LogP contribution is 2.17. The molecule has 1 saturated heterocycles. The van der Waals surface area contributed by atoms with Gasteiger partial charge in [0.1, 0.15) is 0 Å². The minimum atomic E-state index is -0.389. The molecule has 0 aliphatic carbocycles. The van der Waals surface area contributed by atoms with Crippen LogP contribution in [-0.4, -0.2) is 40.1 Å². The lowest BCUT2D eigenvalue weighted by molar-refractivity contribution is 0.0474. The molecule has 1 amide bonds. The van der Waals surface area contributed by atoms with Gasteiger partial charge in [0.15, 0.2) is 0 Å². The molecular weight excluding hydrogens is 240 g/mol. The Kier molecular flexibility index (Phi) is 3.17. The fourth-order valence-corrected chi connectivity index (χ4v) is 2.53. The first-order valence-corrected chi connectivity index (χ1v) is 6.56. The number of hydrogen-bond donors (Lipinski definition) is 1. The lowest BCUT2D eigenvalue weighted by Crippen LogP contribution is -2.42. The van der Waals surface area contributed by atoms with E-state index in [0.717, 1.165) is 30.3 Å². The Bertz CT molecular complexity index is 612. The normalized spacial score (nSPS) is 19.6. The minimum Gasteiger partial charge on any atom is -0.391 e. The Hall–Kier alpha value is -1.94. The number of nitrogens with zero attached hydrogens (tertiary/aromatic N) is 2. The van der Waals surface area contributed by atoms with Crippen molar-refractivity contribution < 1.29 is 9.90 Å². The Balaban J connectivity index is 1.88. The quantitative estimate of drug-likeness (QED) is 0.847. The lowest BCUT2D eigenvalue weighted by Gasteiger charge is -2.30. The second-order valence-corrected chi connectivity index (χ2v) is 4.96. The molecule has 4 heteroatoms. The molecule has 0 saturated carbocycles. The van der Waals surface area contributed by atoms with Crippen LogP contribution in [0.3, 0.4) is 0 Å². The fraction of sp³-hybridized carbons (Fsp3) is 0.333. The van der Waals surface area contributed by atoms with Gasteiger partial charge < -0.3 is 10.0 Å².